The maximum Gasteiger partial charge on any atom is 0.337 e. The molecule has 0 radical (unpaired) electrons. The van der Waals surface area contributed by atoms with Gasteiger partial charge in [0, 0.05) is 15.4 Å². The summed E-state index contributed by atoms with van der Waals surface area (Å²) in [5.41, 5.74) is 3.42. The minimum atomic E-state index is -0.585. The van der Waals surface area contributed by atoms with Crippen LogP contribution >= 0.6 is 27.5 Å². The van der Waals surface area contributed by atoms with Gasteiger partial charge in [-0.15, -0.1) is 0 Å². The van der Waals surface area contributed by atoms with E-state index in [-0.39, 0.29) is 11.8 Å². The largest absolute Gasteiger partial charge is 0.465 e. The number of anilines is 2. The molecule has 30 heavy (non-hydrogen) atoms. The summed E-state index contributed by atoms with van der Waals surface area (Å²) >= 11 is 9.51. The highest BCUT2D eigenvalue weighted by atomic mass is 79.9. The van der Waals surface area contributed by atoms with Gasteiger partial charge >= 0.3 is 5.97 Å². The van der Waals surface area contributed by atoms with Gasteiger partial charge in [-0.25, -0.2) is 4.79 Å². The Kier molecular flexibility index (Phi) is 4.49. The lowest BCUT2D eigenvalue weighted by molar-refractivity contribution is -0.119. The summed E-state index contributed by atoms with van der Waals surface area (Å²) < 4.78 is 5.57. The van der Waals surface area contributed by atoms with E-state index in [1.54, 1.807) is 17.0 Å². The maximum atomic E-state index is 13.8. The molecule has 0 unspecified atom stereocenters. The number of hydrogen-bond donors (Lipinski definition) is 0. The van der Waals surface area contributed by atoms with Crippen LogP contribution in [-0.4, -0.2) is 19.0 Å². The molecule has 4 nitrogen and oxygen atoms in total. The minimum Gasteiger partial charge on any atom is -0.465 e. The number of esters is 1. The van der Waals surface area contributed by atoms with E-state index in [2.05, 4.69) is 15.9 Å². The van der Waals surface area contributed by atoms with E-state index < -0.39 is 11.4 Å². The Balaban J connectivity index is 1.62. The van der Waals surface area contributed by atoms with Crippen molar-refractivity contribution in [3.05, 3.63) is 92.9 Å². The Bertz CT molecular complexity index is 1190. The molecule has 1 amide bonds. The molecule has 1 aliphatic heterocycles. The molecule has 0 N–H and O–H groups in total. The molecule has 0 saturated heterocycles. The first-order chi connectivity index (χ1) is 14.5. The number of hydrogen-bond acceptors (Lipinski definition) is 3. The van der Waals surface area contributed by atoms with Crippen LogP contribution in [-0.2, 0) is 14.9 Å². The molecular weight excluding hydrogens is 466 g/mol. The number of rotatable bonds is 3. The highest BCUT2D eigenvalue weighted by molar-refractivity contribution is 9.10. The first kappa shape index (κ1) is 19.3. The predicted octanol–water partition coefficient (Wildman–Crippen LogP) is 5.99. The third kappa shape index (κ3) is 2.80. The number of benzene rings is 3. The smallest absolute Gasteiger partial charge is 0.337 e. The molecule has 1 spiro atoms. The predicted molar refractivity (Wildman–Crippen MR) is 120 cm³/mol. The van der Waals surface area contributed by atoms with Crippen molar-refractivity contribution in [2.45, 2.75) is 17.8 Å². The lowest BCUT2D eigenvalue weighted by Crippen LogP contribution is -2.29. The van der Waals surface area contributed by atoms with Crippen LogP contribution in [0.4, 0.5) is 11.4 Å². The van der Waals surface area contributed by atoms with Crippen molar-refractivity contribution in [3.8, 4) is 0 Å². The fraction of sp³-hybridized carbons (Fsp3) is 0.167. The fourth-order valence-corrected chi connectivity index (χ4v) is 5.17. The summed E-state index contributed by atoms with van der Waals surface area (Å²) in [4.78, 5) is 27.7. The van der Waals surface area contributed by atoms with E-state index in [1.165, 1.54) is 7.11 Å². The third-order valence-electron chi connectivity index (χ3n) is 6.01. The molecule has 1 saturated carbocycles. The second kappa shape index (κ2) is 6.96. The van der Waals surface area contributed by atoms with Crippen LogP contribution in [0.1, 0.15) is 33.8 Å². The molecule has 0 aromatic heterocycles. The van der Waals surface area contributed by atoms with Gasteiger partial charge in [0.15, 0.2) is 0 Å². The van der Waals surface area contributed by atoms with Crippen molar-refractivity contribution in [3.63, 3.8) is 0 Å². The highest BCUT2D eigenvalue weighted by Crippen LogP contribution is 2.67. The number of fused-ring (bicyclic) bond motifs is 2. The molecule has 0 bridgehead atoms. The van der Waals surface area contributed by atoms with Gasteiger partial charge in [-0.3, -0.25) is 9.69 Å². The van der Waals surface area contributed by atoms with Gasteiger partial charge < -0.3 is 4.74 Å². The Morgan fingerprint density at radius 2 is 1.87 bits per heavy atom. The summed E-state index contributed by atoms with van der Waals surface area (Å²) in [5.74, 6) is -0.323. The molecule has 3 aromatic rings. The quantitative estimate of drug-likeness (QED) is 0.431. The van der Waals surface area contributed by atoms with Gasteiger partial charge in [0.05, 0.1) is 29.5 Å². The van der Waals surface area contributed by atoms with Crippen molar-refractivity contribution >= 4 is 50.8 Å². The van der Waals surface area contributed by atoms with E-state index in [4.69, 9.17) is 16.3 Å². The third-order valence-corrected chi connectivity index (χ3v) is 6.72. The molecular formula is C24H17BrClNO3. The Morgan fingerprint density at radius 1 is 1.13 bits per heavy atom. The van der Waals surface area contributed by atoms with Gasteiger partial charge in [-0.2, -0.15) is 0 Å². The van der Waals surface area contributed by atoms with Crippen LogP contribution in [0.15, 0.2) is 71.2 Å². The molecule has 150 valence electrons. The van der Waals surface area contributed by atoms with Crippen LogP contribution in [0.2, 0.25) is 5.02 Å². The van der Waals surface area contributed by atoms with Gasteiger partial charge in [0.25, 0.3) is 0 Å². The van der Waals surface area contributed by atoms with Crippen LogP contribution in [0.3, 0.4) is 0 Å². The number of halogens is 2. The Morgan fingerprint density at radius 3 is 2.60 bits per heavy atom. The summed E-state index contributed by atoms with van der Waals surface area (Å²) in [6, 6.07) is 20.8. The van der Waals surface area contributed by atoms with E-state index in [0.717, 1.165) is 23.2 Å². The van der Waals surface area contributed by atoms with Crippen molar-refractivity contribution in [1.29, 1.82) is 0 Å². The molecule has 2 aliphatic rings. The number of carbonyl (C=O) groups is 2. The number of ether oxygens (including phenoxy) is 1. The fourth-order valence-electron chi connectivity index (χ4n) is 4.56. The normalized spacial score (nSPS) is 21.6. The number of methoxy groups -OCH3 is 1. The summed E-state index contributed by atoms with van der Waals surface area (Å²) in [6.45, 7) is 0. The molecule has 2 atom stereocenters. The Hall–Kier alpha value is -2.63. The maximum absolute atomic E-state index is 13.8. The van der Waals surface area contributed by atoms with Gasteiger partial charge in [0.1, 0.15) is 0 Å². The number of para-hydroxylation sites is 1. The minimum absolute atomic E-state index is 0.0255. The molecule has 1 fully saturated rings. The zero-order valence-electron chi connectivity index (χ0n) is 16.1. The topological polar surface area (TPSA) is 46.6 Å². The lowest BCUT2D eigenvalue weighted by Gasteiger charge is -2.19. The van der Waals surface area contributed by atoms with Gasteiger partial charge in [-0.1, -0.05) is 57.9 Å². The van der Waals surface area contributed by atoms with Crippen LogP contribution in [0, 0.1) is 0 Å². The average molecular weight is 483 g/mol. The zero-order chi connectivity index (χ0) is 21.0. The molecule has 6 heteroatoms. The lowest BCUT2D eigenvalue weighted by atomic mass is 9.92. The second-order valence-electron chi connectivity index (χ2n) is 7.63. The van der Waals surface area contributed by atoms with Crippen molar-refractivity contribution in [2.75, 3.05) is 12.0 Å². The van der Waals surface area contributed by atoms with E-state index in [1.807, 2.05) is 54.6 Å². The second-order valence-corrected chi connectivity index (χ2v) is 8.98. The number of amides is 1. The summed E-state index contributed by atoms with van der Waals surface area (Å²) in [6.07, 6.45) is 0.749. The number of carbonyl (C=O) groups excluding carboxylic acids is 2. The van der Waals surface area contributed by atoms with Gasteiger partial charge in [0.2, 0.25) is 5.91 Å². The monoisotopic (exact) mass is 481 g/mol. The first-order valence-corrected chi connectivity index (χ1v) is 10.7. The summed E-state index contributed by atoms with van der Waals surface area (Å²) in [7, 11) is 1.34. The van der Waals surface area contributed by atoms with Crippen LogP contribution < -0.4 is 4.90 Å². The summed E-state index contributed by atoms with van der Waals surface area (Å²) in [5, 5.41) is 0.678. The zero-order valence-corrected chi connectivity index (χ0v) is 18.4. The molecule has 1 aliphatic carbocycles. The Labute approximate surface area is 187 Å². The average Bonchev–Trinajstić information content (AvgIpc) is 3.45. The van der Waals surface area contributed by atoms with Crippen molar-refractivity contribution < 1.29 is 14.3 Å². The number of nitrogens with zero attached hydrogens (tertiary/aromatic N) is 1. The SMILES string of the molecule is COC(=O)c1cc(Br)cc(N2C(=O)[C@@]3(C[C@@H]3c3ccc(Cl)cc3)c3ccccc32)c1. The standard InChI is InChI=1S/C24H17BrClNO3/c1-30-22(28)15-10-16(25)12-18(11-15)27-21-5-3-2-4-19(21)24(23(27)29)13-20(24)14-6-8-17(26)9-7-14/h2-12,20H,13H2,1H3/t20-,24+/m1/s1. The molecule has 3 aromatic carbocycles. The van der Waals surface area contributed by atoms with E-state index in [9.17, 15) is 9.59 Å². The highest BCUT2D eigenvalue weighted by Gasteiger charge is 2.67. The van der Waals surface area contributed by atoms with Crippen molar-refractivity contribution in [1.82, 2.24) is 0 Å². The van der Waals surface area contributed by atoms with Crippen LogP contribution in [0.5, 0.6) is 0 Å². The van der Waals surface area contributed by atoms with E-state index in [0.29, 0.717) is 20.7 Å². The van der Waals surface area contributed by atoms with E-state index >= 15 is 0 Å². The molecule has 1 heterocycles. The molecule has 5 rings (SSSR count). The van der Waals surface area contributed by atoms with Crippen molar-refractivity contribution in [2.24, 2.45) is 0 Å². The van der Waals surface area contributed by atoms with Crippen LogP contribution in [0.25, 0.3) is 0 Å². The first-order valence-electron chi connectivity index (χ1n) is 9.54. The van der Waals surface area contributed by atoms with Gasteiger partial charge in [-0.05, 0) is 53.9 Å².